The molecule has 3 aromatic rings. The van der Waals surface area contributed by atoms with Crippen molar-refractivity contribution in [3.63, 3.8) is 0 Å². The first-order valence-corrected chi connectivity index (χ1v) is 11.9. The van der Waals surface area contributed by atoms with Crippen LogP contribution < -0.4 is 15.4 Å². The van der Waals surface area contributed by atoms with Crippen molar-refractivity contribution in [2.75, 3.05) is 6.61 Å². The van der Waals surface area contributed by atoms with Crippen LogP contribution in [-0.2, 0) is 16.1 Å². The van der Waals surface area contributed by atoms with Crippen LogP contribution in [0.1, 0.15) is 62.5 Å². The molecule has 6 heteroatoms. The van der Waals surface area contributed by atoms with Gasteiger partial charge in [-0.3, -0.25) is 9.59 Å². The fourth-order valence-electron chi connectivity index (χ4n) is 3.72. The predicted molar refractivity (Wildman–Crippen MR) is 132 cm³/mol. The molecule has 0 bridgehead atoms. The van der Waals surface area contributed by atoms with Crippen LogP contribution in [0.2, 0.25) is 0 Å². The molecule has 0 aliphatic rings. The third-order valence-electron chi connectivity index (χ3n) is 5.79. The molecule has 2 N–H and O–H groups in total. The van der Waals surface area contributed by atoms with E-state index in [4.69, 9.17) is 9.15 Å². The lowest BCUT2D eigenvalue weighted by atomic mass is 9.99. The van der Waals surface area contributed by atoms with Crippen LogP contribution in [0.5, 0.6) is 5.75 Å². The molecule has 0 saturated heterocycles. The Morgan fingerprint density at radius 3 is 2.29 bits per heavy atom. The number of rotatable bonds is 12. The molecule has 3 atom stereocenters. The fourth-order valence-corrected chi connectivity index (χ4v) is 3.72. The number of ether oxygens (including phenoxy) is 1. The van der Waals surface area contributed by atoms with Crippen LogP contribution in [-0.4, -0.2) is 18.4 Å². The third-order valence-corrected chi connectivity index (χ3v) is 5.79. The van der Waals surface area contributed by atoms with Gasteiger partial charge in [-0.1, -0.05) is 62.7 Å². The number of carbonyl (C=O) groups is 2. The van der Waals surface area contributed by atoms with E-state index in [9.17, 15) is 9.59 Å². The summed E-state index contributed by atoms with van der Waals surface area (Å²) in [5.74, 6) is 0.924. The number of nitrogens with one attached hydrogen (secondary N) is 2. The molecule has 3 rings (SSSR count). The minimum Gasteiger partial charge on any atom is -0.493 e. The molecule has 0 spiro atoms. The molecule has 180 valence electrons. The van der Waals surface area contributed by atoms with E-state index in [1.807, 2.05) is 61.5 Å². The van der Waals surface area contributed by atoms with Gasteiger partial charge < -0.3 is 19.8 Å². The second-order valence-electron chi connectivity index (χ2n) is 8.65. The molecular weight excluding hydrogens is 428 g/mol. The maximum atomic E-state index is 13.1. The van der Waals surface area contributed by atoms with E-state index >= 15 is 0 Å². The molecule has 0 saturated carbocycles. The van der Waals surface area contributed by atoms with E-state index in [1.165, 1.54) is 0 Å². The lowest BCUT2D eigenvalue weighted by Crippen LogP contribution is -2.41. The van der Waals surface area contributed by atoms with E-state index in [1.54, 1.807) is 18.4 Å². The van der Waals surface area contributed by atoms with Gasteiger partial charge in [-0.05, 0) is 54.7 Å². The molecule has 0 aliphatic heterocycles. The van der Waals surface area contributed by atoms with Crippen LogP contribution in [0.3, 0.4) is 0 Å². The summed E-state index contributed by atoms with van der Waals surface area (Å²) >= 11 is 0. The van der Waals surface area contributed by atoms with Gasteiger partial charge in [-0.2, -0.15) is 0 Å². The number of amides is 2. The molecular formula is C28H34N2O4. The lowest BCUT2D eigenvalue weighted by Gasteiger charge is -2.21. The smallest absolute Gasteiger partial charge is 0.247 e. The molecule has 6 nitrogen and oxygen atoms in total. The summed E-state index contributed by atoms with van der Waals surface area (Å²) in [6, 6.07) is 19.5. The van der Waals surface area contributed by atoms with Crippen molar-refractivity contribution in [3.05, 3.63) is 89.9 Å². The average molecular weight is 463 g/mol. The van der Waals surface area contributed by atoms with Crippen molar-refractivity contribution in [1.82, 2.24) is 10.6 Å². The summed E-state index contributed by atoms with van der Waals surface area (Å²) in [6.45, 7) is 7.04. The highest BCUT2D eigenvalue weighted by Crippen LogP contribution is 2.22. The van der Waals surface area contributed by atoms with E-state index in [0.29, 0.717) is 23.8 Å². The van der Waals surface area contributed by atoms with Crippen molar-refractivity contribution in [2.24, 2.45) is 5.92 Å². The highest BCUT2D eigenvalue weighted by molar-refractivity contribution is 5.91. The van der Waals surface area contributed by atoms with Gasteiger partial charge in [-0.25, -0.2) is 0 Å². The van der Waals surface area contributed by atoms with Crippen molar-refractivity contribution in [3.8, 4) is 5.75 Å². The molecule has 0 aliphatic carbocycles. The summed E-state index contributed by atoms with van der Waals surface area (Å²) in [6.07, 6.45) is 3.80. The number of hydrogen-bond donors (Lipinski definition) is 2. The van der Waals surface area contributed by atoms with Gasteiger partial charge in [-0.15, -0.1) is 0 Å². The van der Waals surface area contributed by atoms with E-state index < -0.39 is 12.0 Å². The Bertz CT molecular complexity index is 1020. The SMILES string of the molecule is CCCC(C)COc1ccc([C@@H](NC(=O)[C@@H](C)c2ccccc2)C(=O)NCc2ccco2)cc1. The Hall–Kier alpha value is -3.54. The molecule has 0 fully saturated rings. The number of carbonyl (C=O) groups excluding carboxylic acids is 2. The Kier molecular flexibility index (Phi) is 9.32. The molecule has 0 radical (unpaired) electrons. The van der Waals surface area contributed by atoms with E-state index in [2.05, 4.69) is 24.5 Å². The van der Waals surface area contributed by atoms with Crippen molar-refractivity contribution in [1.29, 1.82) is 0 Å². The zero-order valence-electron chi connectivity index (χ0n) is 20.1. The Balaban J connectivity index is 1.72. The predicted octanol–water partition coefficient (Wildman–Crippen LogP) is 5.37. The third kappa shape index (κ3) is 7.24. The van der Waals surface area contributed by atoms with E-state index in [-0.39, 0.29) is 18.4 Å². The Morgan fingerprint density at radius 2 is 1.65 bits per heavy atom. The van der Waals surface area contributed by atoms with E-state index in [0.717, 1.165) is 24.2 Å². The molecule has 1 heterocycles. The highest BCUT2D eigenvalue weighted by atomic mass is 16.5. The largest absolute Gasteiger partial charge is 0.493 e. The summed E-state index contributed by atoms with van der Waals surface area (Å²) in [7, 11) is 0. The van der Waals surface area contributed by atoms with Gasteiger partial charge in [0, 0.05) is 0 Å². The highest BCUT2D eigenvalue weighted by Gasteiger charge is 2.26. The van der Waals surface area contributed by atoms with Crippen molar-refractivity contribution < 1.29 is 18.7 Å². The van der Waals surface area contributed by atoms with Gasteiger partial charge in [0.1, 0.15) is 17.6 Å². The first-order valence-electron chi connectivity index (χ1n) is 11.9. The summed E-state index contributed by atoms with van der Waals surface area (Å²) in [5.41, 5.74) is 1.57. The van der Waals surface area contributed by atoms with Crippen LogP contribution in [0.25, 0.3) is 0 Å². The number of benzene rings is 2. The number of furan rings is 1. The fraction of sp³-hybridized carbons (Fsp3) is 0.357. The second kappa shape index (κ2) is 12.6. The average Bonchev–Trinajstić information content (AvgIpc) is 3.39. The van der Waals surface area contributed by atoms with Gasteiger partial charge >= 0.3 is 0 Å². The molecule has 34 heavy (non-hydrogen) atoms. The lowest BCUT2D eigenvalue weighted by molar-refractivity contribution is -0.129. The first kappa shape index (κ1) is 25.1. The quantitative estimate of drug-likeness (QED) is 0.379. The first-order chi connectivity index (χ1) is 16.5. The molecule has 1 unspecified atom stereocenters. The minimum atomic E-state index is -0.846. The Labute approximate surface area is 201 Å². The zero-order valence-corrected chi connectivity index (χ0v) is 20.1. The van der Waals surface area contributed by atoms with Crippen molar-refractivity contribution in [2.45, 2.75) is 52.1 Å². The van der Waals surface area contributed by atoms with Crippen molar-refractivity contribution >= 4 is 11.8 Å². The molecule has 1 aromatic heterocycles. The van der Waals surface area contributed by atoms with Gasteiger partial charge in [0.05, 0.1) is 25.3 Å². The normalized spacial score (nSPS) is 13.5. The van der Waals surface area contributed by atoms with Gasteiger partial charge in [0.2, 0.25) is 11.8 Å². The zero-order chi connectivity index (χ0) is 24.3. The summed E-state index contributed by atoms with van der Waals surface area (Å²) < 4.78 is 11.2. The Morgan fingerprint density at radius 1 is 0.912 bits per heavy atom. The maximum absolute atomic E-state index is 13.1. The van der Waals surface area contributed by atoms with Crippen LogP contribution in [0.15, 0.2) is 77.4 Å². The van der Waals surface area contributed by atoms with Gasteiger partial charge in [0.15, 0.2) is 0 Å². The number of hydrogen-bond acceptors (Lipinski definition) is 4. The molecule has 2 aromatic carbocycles. The summed E-state index contributed by atoms with van der Waals surface area (Å²) in [4.78, 5) is 26.1. The van der Waals surface area contributed by atoms with Gasteiger partial charge in [0.25, 0.3) is 0 Å². The standard InChI is InChI=1S/C28H34N2O4/c1-4-9-20(2)19-34-24-15-13-23(14-16-24)26(28(32)29-18-25-12-8-17-33-25)30-27(31)21(3)22-10-6-5-7-11-22/h5-8,10-17,20-21,26H,4,9,18-19H2,1-3H3,(H,29,32)(H,30,31)/t20?,21-,26+/m0/s1. The van der Waals surface area contributed by atoms with Crippen LogP contribution >= 0.6 is 0 Å². The second-order valence-corrected chi connectivity index (χ2v) is 8.65. The van der Waals surface area contributed by atoms with Crippen LogP contribution in [0.4, 0.5) is 0 Å². The topological polar surface area (TPSA) is 80.6 Å². The maximum Gasteiger partial charge on any atom is 0.247 e. The molecule has 2 amide bonds. The monoisotopic (exact) mass is 462 g/mol. The van der Waals surface area contributed by atoms with Crippen LogP contribution in [0, 0.1) is 5.92 Å². The minimum absolute atomic E-state index is 0.224. The summed E-state index contributed by atoms with van der Waals surface area (Å²) in [5, 5.41) is 5.78.